The molecule has 3 aromatic rings. The van der Waals surface area contributed by atoms with Gasteiger partial charge in [-0.25, -0.2) is 9.59 Å². The van der Waals surface area contributed by atoms with E-state index in [0.29, 0.717) is 12.0 Å². The molecular weight excluding hydrogens is 867 g/mol. The fourth-order valence-electron chi connectivity index (χ4n) is 10.7. The molecule has 3 aromatic carbocycles. The van der Waals surface area contributed by atoms with Crippen molar-refractivity contribution in [2.24, 2.45) is 16.7 Å². The van der Waals surface area contributed by atoms with E-state index in [1.54, 1.807) is 99.6 Å². The van der Waals surface area contributed by atoms with Gasteiger partial charge in [0, 0.05) is 44.1 Å². The smallest absolute Gasteiger partial charge is 0.350 e. The number of nitrogens with one attached hydrogen (secondary N) is 1. The molecule has 7 rings (SSSR count). The molecule has 0 unspecified atom stereocenters. The number of benzene rings is 3. The zero-order chi connectivity index (χ0) is 48.6. The molecule has 0 aromatic heterocycles. The standard InChI is InChI=1S/C51H57NO15/c1-8-18-37(56)65-41(39(31-19-12-9-13-20-31)52-45(58)32-21-14-10-15-22-32)47(60)64-34-26-51(61)44(66-46(59)33-23-16-11-17-24-33)42-49(7,35(55)25-36-50(42,27-62-36)67-30(4)54)43(57)40(63-29(3)53)38(28(34)2)48(51,5)6/h9-17,19-24,34-36,39-42,44,55,61H,8,18,25-27H2,1-7H3,(H,52,58)/t34-,35-,36+,39-,40+,41+,42-,44-,49+,50-,51+/m0/s1. The number of carbonyl (C=O) groups is 7. The second kappa shape index (κ2) is 18.8. The summed E-state index contributed by atoms with van der Waals surface area (Å²) < 4.78 is 36.6. The van der Waals surface area contributed by atoms with E-state index < -0.39 is 119 Å². The minimum Gasteiger partial charge on any atom is -0.455 e. The highest BCUT2D eigenvalue weighted by atomic mass is 16.6. The van der Waals surface area contributed by atoms with Crippen LogP contribution in [-0.4, -0.2) is 106 Å². The Kier molecular flexibility index (Phi) is 13.7. The summed E-state index contributed by atoms with van der Waals surface area (Å²) in [7, 11) is 0. The zero-order valence-electron chi connectivity index (χ0n) is 38.5. The van der Waals surface area contributed by atoms with Gasteiger partial charge >= 0.3 is 29.8 Å². The van der Waals surface area contributed by atoms with Gasteiger partial charge < -0.3 is 44.0 Å². The van der Waals surface area contributed by atoms with Gasteiger partial charge in [-0.05, 0) is 61.2 Å². The number of aliphatic hydroxyl groups excluding tert-OH is 1. The number of hydrogen-bond donors (Lipinski definition) is 3. The van der Waals surface area contributed by atoms with E-state index in [0.717, 1.165) is 13.8 Å². The number of carbonyl (C=O) groups excluding carboxylic acids is 7. The molecule has 1 amide bonds. The highest BCUT2D eigenvalue weighted by Crippen LogP contribution is 2.64. The predicted molar refractivity (Wildman–Crippen MR) is 236 cm³/mol. The number of ether oxygens (including phenoxy) is 6. The monoisotopic (exact) mass is 923 g/mol. The quantitative estimate of drug-likeness (QED) is 0.115. The normalized spacial score (nSPS) is 30.3. The molecule has 3 fully saturated rings. The molecule has 1 saturated heterocycles. The fraction of sp³-hybridized carbons (Fsp3) is 0.471. The van der Waals surface area contributed by atoms with E-state index in [4.69, 9.17) is 28.4 Å². The third kappa shape index (κ3) is 8.66. The van der Waals surface area contributed by atoms with E-state index in [9.17, 15) is 34.2 Å². The summed E-state index contributed by atoms with van der Waals surface area (Å²) in [4.78, 5) is 98.5. The van der Waals surface area contributed by atoms with E-state index in [-0.39, 0.29) is 41.7 Å². The van der Waals surface area contributed by atoms with Gasteiger partial charge in [0.25, 0.3) is 5.91 Å². The van der Waals surface area contributed by atoms with Crippen LogP contribution < -0.4 is 5.32 Å². The van der Waals surface area contributed by atoms with Gasteiger partial charge in [0.05, 0.1) is 29.6 Å². The number of Topliss-reactive ketones (excluding diaryl/α,β-unsaturated/α-hetero) is 1. The molecule has 0 spiro atoms. The van der Waals surface area contributed by atoms with Crippen molar-refractivity contribution in [3.63, 3.8) is 0 Å². The van der Waals surface area contributed by atoms with Crippen molar-refractivity contribution >= 4 is 41.5 Å². The van der Waals surface area contributed by atoms with Gasteiger partial charge in [0.2, 0.25) is 6.10 Å². The Morgan fingerprint density at radius 2 is 1.43 bits per heavy atom. The Labute approximate surface area is 388 Å². The van der Waals surface area contributed by atoms with Gasteiger partial charge in [-0.1, -0.05) is 87.5 Å². The second-order valence-corrected chi connectivity index (χ2v) is 18.6. The molecule has 1 aliphatic heterocycles. The molecule has 16 nitrogen and oxygen atoms in total. The highest BCUT2D eigenvalue weighted by molar-refractivity contribution is 5.96. The molecule has 3 N–H and O–H groups in total. The third-order valence-electron chi connectivity index (χ3n) is 14.2. The number of esters is 5. The van der Waals surface area contributed by atoms with Gasteiger partial charge in [-0.2, -0.15) is 0 Å². The number of rotatable bonds is 13. The molecular formula is C51H57NO15. The lowest BCUT2D eigenvalue weighted by Crippen LogP contribution is -2.82. The molecule has 356 valence electrons. The third-order valence-corrected chi connectivity index (χ3v) is 14.2. The first-order valence-corrected chi connectivity index (χ1v) is 22.4. The van der Waals surface area contributed by atoms with Crippen molar-refractivity contribution in [3.8, 4) is 0 Å². The van der Waals surface area contributed by atoms with Gasteiger partial charge in [-0.15, -0.1) is 0 Å². The molecule has 0 radical (unpaired) electrons. The predicted octanol–water partition coefficient (Wildman–Crippen LogP) is 5.09. The first-order chi connectivity index (χ1) is 31.7. The molecule has 2 saturated carbocycles. The lowest BCUT2D eigenvalue weighted by Gasteiger charge is -2.67. The average molecular weight is 924 g/mol. The molecule has 3 aliphatic carbocycles. The SMILES string of the molecule is CCCC(=O)O[C@@H](C(=O)O[C@H]1C[C@@]2(O)[C@@H](OC(=O)c3ccccc3)[C@@H]3[C@]4(OC(C)=O)CO[C@@H]4C[C@H](O)[C@@]3(C)C(=O)[C@H](OC(C)=O)C(=C1C)C2(C)C)[C@@H](NC(=O)c1ccccc1)c1ccccc1. The van der Waals surface area contributed by atoms with E-state index in [1.165, 1.54) is 26.0 Å². The maximum Gasteiger partial charge on any atom is 0.350 e. The van der Waals surface area contributed by atoms with Crippen molar-refractivity contribution in [1.29, 1.82) is 0 Å². The minimum absolute atomic E-state index is 0.0167. The van der Waals surface area contributed by atoms with Crippen molar-refractivity contribution in [1.82, 2.24) is 5.32 Å². The summed E-state index contributed by atoms with van der Waals surface area (Å²) in [6.07, 6.45) is -10.2. The van der Waals surface area contributed by atoms with Crippen molar-refractivity contribution < 1.29 is 72.2 Å². The highest BCUT2D eigenvalue weighted by Gasteiger charge is 2.78. The maximum atomic E-state index is 15.6. The first kappa shape index (κ1) is 48.7. The molecule has 2 bridgehead atoms. The molecule has 4 aliphatic rings. The molecule has 67 heavy (non-hydrogen) atoms. The summed E-state index contributed by atoms with van der Waals surface area (Å²) in [5.41, 5.74) is -7.18. The summed E-state index contributed by atoms with van der Waals surface area (Å²) in [6.45, 7) is 9.70. The van der Waals surface area contributed by atoms with Crippen molar-refractivity contribution in [3.05, 3.63) is 119 Å². The summed E-state index contributed by atoms with van der Waals surface area (Å²) >= 11 is 0. The lowest BCUT2D eigenvalue weighted by molar-refractivity contribution is -0.346. The van der Waals surface area contributed by atoms with Crippen LogP contribution in [0.4, 0.5) is 0 Å². The van der Waals surface area contributed by atoms with Crippen LogP contribution in [0.25, 0.3) is 0 Å². The number of hydrogen-bond acceptors (Lipinski definition) is 15. The Balaban J connectivity index is 1.42. The fourth-order valence-corrected chi connectivity index (χ4v) is 10.7. The number of amides is 1. The Bertz CT molecular complexity index is 2440. The minimum atomic E-state index is -2.43. The Hall–Kier alpha value is -6.23. The van der Waals surface area contributed by atoms with Gasteiger partial charge in [-0.3, -0.25) is 24.0 Å². The van der Waals surface area contributed by atoms with Crippen LogP contribution in [0.5, 0.6) is 0 Å². The summed E-state index contributed by atoms with van der Waals surface area (Å²) in [6, 6.07) is 23.0. The van der Waals surface area contributed by atoms with Crippen molar-refractivity contribution in [2.75, 3.05) is 6.61 Å². The van der Waals surface area contributed by atoms with Gasteiger partial charge in [0.1, 0.15) is 30.0 Å². The topological polar surface area (TPSA) is 227 Å². The van der Waals surface area contributed by atoms with Crippen LogP contribution in [0.1, 0.15) is 106 Å². The van der Waals surface area contributed by atoms with Crippen LogP contribution in [0.3, 0.4) is 0 Å². The first-order valence-electron chi connectivity index (χ1n) is 22.4. The molecule has 1 heterocycles. The largest absolute Gasteiger partial charge is 0.455 e. The Morgan fingerprint density at radius 1 is 0.836 bits per heavy atom. The van der Waals surface area contributed by atoms with E-state index in [1.807, 2.05) is 0 Å². The van der Waals surface area contributed by atoms with E-state index in [2.05, 4.69) is 5.32 Å². The van der Waals surface area contributed by atoms with E-state index >= 15 is 9.59 Å². The second-order valence-electron chi connectivity index (χ2n) is 18.6. The van der Waals surface area contributed by atoms with Crippen LogP contribution in [0.2, 0.25) is 0 Å². The average Bonchev–Trinajstić information content (AvgIpc) is 3.29. The number of aliphatic hydroxyl groups is 2. The van der Waals surface area contributed by atoms with Crippen LogP contribution in [0, 0.1) is 16.7 Å². The number of ketones is 1. The van der Waals surface area contributed by atoms with Crippen LogP contribution in [-0.2, 0) is 52.4 Å². The van der Waals surface area contributed by atoms with Gasteiger partial charge in [0.15, 0.2) is 17.5 Å². The van der Waals surface area contributed by atoms with Crippen molar-refractivity contribution in [2.45, 2.75) is 128 Å². The maximum absolute atomic E-state index is 15.6. The summed E-state index contributed by atoms with van der Waals surface area (Å²) in [5.74, 6) is -7.63. The Morgan fingerprint density at radius 3 is 1.99 bits per heavy atom. The zero-order valence-corrected chi connectivity index (χ0v) is 38.5. The number of fused-ring (bicyclic) bond motifs is 5. The van der Waals surface area contributed by atoms with Crippen LogP contribution >= 0.6 is 0 Å². The lowest BCUT2D eigenvalue weighted by atomic mass is 9.44. The van der Waals surface area contributed by atoms with Crippen LogP contribution in [0.15, 0.2) is 102 Å². The molecule has 16 heteroatoms. The molecule has 11 atom stereocenters. The summed E-state index contributed by atoms with van der Waals surface area (Å²) in [5, 5.41) is 28.9.